The fourth-order valence-electron chi connectivity index (χ4n) is 2.27. The summed E-state index contributed by atoms with van der Waals surface area (Å²) in [4.78, 5) is 2.25. The van der Waals surface area contributed by atoms with Crippen molar-refractivity contribution in [2.24, 2.45) is 0 Å². The zero-order valence-electron chi connectivity index (χ0n) is 9.32. The Morgan fingerprint density at radius 1 is 1.50 bits per heavy atom. The van der Waals surface area contributed by atoms with Crippen LogP contribution in [0, 0.1) is 0 Å². The fourth-order valence-corrected chi connectivity index (χ4v) is 2.49. The van der Waals surface area contributed by atoms with Gasteiger partial charge in [-0.05, 0) is 25.0 Å². The largest absolute Gasteiger partial charge is 0.508 e. The molecule has 0 aliphatic carbocycles. The molecule has 0 amide bonds. The minimum absolute atomic E-state index is 0.213. The number of halogens is 1. The van der Waals surface area contributed by atoms with Gasteiger partial charge in [0.05, 0.1) is 12.6 Å². The van der Waals surface area contributed by atoms with E-state index in [0.29, 0.717) is 17.7 Å². The third-order valence-corrected chi connectivity index (χ3v) is 3.15. The molecule has 0 spiro atoms. The van der Waals surface area contributed by atoms with Crippen LogP contribution in [0.5, 0.6) is 5.75 Å². The van der Waals surface area contributed by atoms with E-state index in [4.69, 9.17) is 16.3 Å². The van der Waals surface area contributed by atoms with Crippen molar-refractivity contribution < 1.29 is 9.84 Å². The number of methoxy groups -OCH3 is 1. The highest BCUT2D eigenvalue weighted by Crippen LogP contribution is 2.31. The van der Waals surface area contributed by atoms with E-state index in [-0.39, 0.29) is 5.75 Å². The zero-order chi connectivity index (χ0) is 11.5. The number of aromatic hydroxyl groups is 1. The second-order valence-corrected chi connectivity index (χ2v) is 4.55. The number of phenolic OH excluding ortho intramolecular Hbond substituents is 1. The minimum atomic E-state index is 0.213. The predicted molar refractivity (Wildman–Crippen MR) is 65.4 cm³/mol. The van der Waals surface area contributed by atoms with Crippen LogP contribution >= 0.6 is 11.6 Å². The summed E-state index contributed by atoms with van der Waals surface area (Å²) < 4.78 is 5.20. The van der Waals surface area contributed by atoms with Crippen LogP contribution in [0.1, 0.15) is 12.8 Å². The van der Waals surface area contributed by atoms with Crippen molar-refractivity contribution in [2.75, 3.05) is 25.2 Å². The monoisotopic (exact) mass is 241 g/mol. The lowest BCUT2D eigenvalue weighted by Gasteiger charge is -2.26. The van der Waals surface area contributed by atoms with Gasteiger partial charge in [-0.25, -0.2) is 0 Å². The molecule has 3 nitrogen and oxygen atoms in total. The predicted octanol–water partition coefficient (Wildman–Crippen LogP) is 2.66. The number of anilines is 1. The maximum atomic E-state index is 9.53. The van der Waals surface area contributed by atoms with Gasteiger partial charge in [0, 0.05) is 30.4 Å². The normalized spacial score (nSPS) is 20.4. The molecule has 0 aromatic heterocycles. The Bertz CT molecular complexity index is 350. The SMILES string of the molecule is COCC1CCCN1c1cc(O)cc(Cl)c1. The Hall–Kier alpha value is -0.930. The van der Waals surface area contributed by atoms with Crippen molar-refractivity contribution in [3.63, 3.8) is 0 Å². The van der Waals surface area contributed by atoms with E-state index in [1.54, 1.807) is 19.2 Å². The molecule has 88 valence electrons. The maximum Gasteiger partial charge on any atom is 0.119 e. The van der Waals surface area contributed by atoms with E-state index >= 15 is 0 Å². The van der Waals surface area contributed by atoms with Crippen molar-refractivity contribution in [1.82, 2.24) is 0 Å². The van der Waals surface area contributed by atoms with Gasteiger partial charge < -0.3 is 14.7 Å². The summed E-state index contributed by atoms with van der Waals surface area (Å²) in [6, 6.07) is 5.57. The molecule has 1 aromatic carbocycles. The fraction of sp³-hybridized carbons (Fsp3) is 0.500. The number of phenols is 1. The highest BCUT2D eigenvalue weighted by Gasteiger charge is 2.24. The van der Waals surface area contributed by atoms with Crippen molar-refractivity contribution in [2.45, 2.75) is 18.9 Å². The van der Waals surface area contributed by atoms with Gasteiger partial charge in [0.15, 0.2) is 0 Å². The quantitative estimate of drug-likeness (QED) is 0.883. The Kier molecular flexibility index (Phi) is 3.56. The maximum absolute atomic E-state index is 9.53. The molecule has 1 unspecified atom stereocenters. The molecule has 1 atom stereocenters. The van der Waals surface area contributed by atoms with Gasteiger partial charge in [0.2, 0.25) is 0 Å². The molecule has 0 radical (unpaired) electrons. The van der Waals surface area contributed by atoms with Crippen LogP contribution in [0.3, 0.4) is 0 Å². The van der Waals surface area contributed by atoms with E-state index in [9.17, 15) is 5.11 Å². The summed E-state index contributed by atoms with van der Waals surface area (Å²) in [5, 5.41) is 10.1. The van der Waals surface area contributed by atoms with Crippen molar-refractivity contribution in [3.05, 3.63) is 23.2 Å². The van der Waals surface area contributed by atoms with Gasteiger partial charge in [0.1, 0.15) is 5.75 Å². The molecule has 1 heterocycles. The molecule has 0 bridgehead atoms. The molecular formula is C12H16ClNO2. The molecule has 0 saturated carbocycles. The highest BCUT2D eigenvalue weighted by atomic mass is 35.5. The second-order valence-electron chi connectivity index (χ2n) is 4.11. The average Bonchev–Trinajstić information content (AvgIpc) is 2.65. The summed E-state index contributed by atoms with van der Waals surface area (Å²) >= 11 is 5.94. The first-order valence-corrected chi connectivity index (χ1v) is 5.83. The first kappa shape index (κ1) is 11.6. The first-order valence-electron chi connectivity index (χ1n) is 5.46. The van der Waals surface area contributed by atoms with Crippen LogP contribution in [-0.4, -0.2) is 31.4 Å². The number of ether oxygens (including phenoxy) is 1. The Morgan fingerprint density at radius 2 is 2.31 bits per heavy atom. The lowest BCUT2D eigenvalue weighted by Crippen LogP contribution is -2.32. The zero-order valence-corrected chi connectivity index (χ0v) is 10.1. The smallest absolute Gasteiger partial charge is 0.119 e. The Labute approximate surface area is 101 Å². The van der Waals surface area contributed by atoms with E-state index < -0.39 is 0 Å². The van der Waals surface area contributed by atoms with Crippen molar-refractivity contribution in [1.29, 1.82) is 0 Å². The van der Waals surface area contributed by atoms with Crippen LogP contribution in [0.4, 0.5) is 5.69 Å². The van der Waals surface area contributed by atoms with Crippen LogP contribution < -0.4 is 4.90 Å². The van der Waals surface area contributed by atoms with Crippen LogP contribution in [-0.2, 0) is 4.74 Å². The molecule has 1 saturated heterocycles. The molecule has 2 rings (SSSR count). The van der Waals surface area contributed by atoms with Gasteiger partial charge >= 0.3 is 0 Å². The summed E-state index contributed by atoms with van der Waals surface area (Å²) in [6.07, 6.45) is 2.28. The summed E-state index contributed by atoms with van der Waals surface area (Å²) in [5.41, 5.74) is 0.976. The van der Waals surface area contributed by atoms with E-state index in [0.717, 1.165) is 25.1 Å². The van der Waals surface area contributed by atoms with Gasteiger partial charge in [-0.1, -0.05) is 11.6 Å². The number of hydrogen-bond donors (Lipinski definition) is 1. The standard InChI is InChI=1S/C12H16ClNO2/c1-16-8-10-3-2-4-14(10)11-5-9(13)6-12(15)7-11/h5-7,10,15H,2-4,8H2,1H3. The average molecular weight is 242 g/mol. The highest BCUT2D eigenvalue weighted by molar-refractivity contribution is 6.31. The number of benzene rings is 1. The van der Waals surface area contributed by atoms with E-state index in [2.05, 4.69) is 4.90 Å². The molecule has 1 N–H and O–H groups in total. The van der Waals surface area contributed by atoms with Crippen molar-refractivity contribution in [3.8, 4) is 5.75 Å². The van der Waals surface area contributed by atoms with Gasteiger partial charge in [-0.3, -0.25) is 0 Å². The molecule has 1 aliphatic rings. The van der Waals surface area contributed by atoms with Crippen molar-refractivity contribution >= 4 is 17.3 Å². The summed E-state index contributed by atoms with van der Waals surface area (Å²) in [6.45, 7) is 1.71. The number of nitrogens with zero attached hydrogens (tertiary/aromatic N) is 1. The lowest BCUT2D eigenvalue weighted by molar-refractivity contribution is 0.181. The number of hydrogen-bond acceptors (Lipinski definition) is 3. The molecule has 16 heavy (non-hydrogen) atoms. The van der Waals surface area contributed by atoms with Crippen LogP contribution in [0.2, 0.25) is 5.02 Å². The first-order chi connectivity index (χ1) is 7.70. The number of rotatable bonds is 3. The second kappa shape index (κ2) is 4.93. The molecule has 4 heteroatoms. The van der Waals surface area contributed by atoms with Crippen LogP contribution in [0.15, 0.2) is 18.2 Å². The Balaban J connectivity index is 2.21. The van der Waals surface area contributed by atoms with E-state index in [1.807, 2.05) is 6.07 Å². The topological polar surface area (TPSA) is 32.7 Å². The minimum Gasteiger partial charge on any atom is -0.508 e. The van der Waals surface area contributed by atoms with Gasteiger partial charge in [-0.15, -0.1) is 0 Å². The molecule has 1 aromatic rings. The van der Waals surface area contributed by atoms with Gasteiger partial charge in [-0.2, -0.15) is 0 Å². The molecule has 1 aliphatic heterocycles. The third kappa shape index (κ3) is 2.42. The van der Waals surface area contributed by atoms with Crippen LogP contribution in [0.25, 0.3) is 0 Å². The van der Waals surface area contributed by atoms with E-state index in [1.165, 1.54) is 0 Å². The third-order valence-electron chi connectivity index (χ3n) is 2.94. The summed E-state index contributed by atoms with van der Waals surface area (Å²) in [5.74, 6) is 0.213. The van der Waals surface area contributed by atoms with Gasteiger partial charge in [0.25, 0.3) is 0 Å². The molecule has 1 fully saturated rings. The molecular weight excluding hydrogens is 226 g/mol. The Morgan fingerprint density at radius 3 is 3.00 bits per heavy atom. The lowest BCUT2D eigenvalue weighted by atomic mass is 10.2. The summed E-state index contributed by atoms with van der Waals surface area (Å²) in [7, 11) is 1.71.